The van der Waals surface area contributed by atoms with Crippen LogP contribution in [0.4, 0.5) is 0 Å². The number of hydrogen-bond donors (Lipinski definition) is 3. The van der Waals surface area contributed by atoms with Crippen LogP contribution in [-0.2, 0) is 4.79 Å². The zero-order chi connectivity index (χ0) is 9.49. The van der Waals surface area contributed by atoms with Gasteiger partial charge in [0, 0.05) is 0 Å². The molecule has 0 aliphatic heterocycles. The van der Waals surface area contributed by atoms with E-state index >= 15 is 0 Å². The van der Waals surface area contributed by atoms with Gasteiger partial charge in [-0.1, -0.05) is 34.8 Å². The molecule has 0 atom stereocenters. The first-order valence-corrected chi connectivity index (χ1v) is 3.51. The topological polar surface area (TPSA) is 77.8 Å². The van der Waals surface area contributed by atoms with Gasteiger partial charge >= 0.3 is 5.97 Å². The fourth-order valence-electron chi connectivity index (χ4n) is 0. The average molecular weight is 225 g/mol. The van der Waals surface area contributed by atoms with Crippen LogP contribution in [0.1, 0.15) is 0 Å². The lowest BCUT2D eigenvalue weighted by molar-refractivity contribution is -0.135. The Morgan fingerprint density at radius 2 is 1.36 bits per heavy atom. The first kappa shape index (κ1) is 13.8. The SMILES string of the molecule is O=C(O)C(Cl)(Cl)Cl.OCCO. The second-order valence-electron chi connectivity index (χ2n) is 1.25. The smallest absolute Gasteiger partial charge is 0.356 e. The normalized spacial score (nSPS) is 9.91. The number of rotatable bonds is 1. The summed E-state index contributed by atoms with van der Waals surface area (Å²) in [5.41, 5.74) is 0. The summed E-state index contributed by atoms with van der Waals surface area (Å²) in [4.78, 5) is 9.62. The third-order valence-corrected chi connectivity index (χ3v) is 0.828. The van der Waals surface area contributed by atoms with Crippen molar-refractivity contribution >= 4 is 40.8 Å². The molecule has 0 saturated heterocycles. The van der Waals surface area contributed by atoms with Crippen LogP contribution in [0.15, 0.2) is 0 Å². The second kappa shape index (κ2) is 6.94. The van der Waals surface area contributed by atoms with Crippen molar-refractivity contribution in [2.75, 3.05) is 13.2 Å². The first-order chi connectivity index (χ1) is 4.86. The lowest BCUT2D eigenvalue weighted by Gasteiger charge is -1.99. The summed E-state index contributed by atoms with van der Waals surface area (Å²) in [6, 6.07) is 0. The van der Waals surface area contributed by atoms with Gasteiger partial charge in [-0.3, -0.25) is 0 Å². The molecule has 11 heavy (non-hydrogen) atoms. The van der Waals surface area contributed by atoms with Crippen molar-refractivity contribution in [1.29, 1.82) is 0 Å². The first-order valence-electron chi connectivity index (χ1n) is 2.38. The Labute approximate surface area is 78.3 Å². The zero-order valence-electron chi connectivity index (χ0n) is 5.30. The molecule has 0 saturated carbocycles. The molecule has 0 aliphatic carbocycles. The predicted molar refractivity (Wildman–Crippen MR) is 42.1 cm³/mol. The molecule has 4 nitrogen and oxygen atoms in total. The summed E-state index contributed by atoms with van der Waals surface area (Å²) in [6.07, 6.45) is 0. The van der Waals surface area contributed by atoms with Gasteiger partial charge in [-0.25, -0.2) is 4.79 Å². The molecule has 0 aromatic heterocycles. The summed E-state index contributed by atoms with van der Waals surface area (Å²) >= 11 is 14.4. The molecule has 0 radical (unpaired) electrons. The Morgan fingerprint density at radius 1 is 1.18 bits per heavy atom. The van der Waals surface area contributed by atoms with Crippen molar-refractivity contribution in [3.63, 3.8) is 0 Å². The van der Waals surface area contributed by atoms with Crippen LogP contribution in [0.2, 0.25) is 0 Å². The van der Waals surface area contributed by atoms with Gasteiger partial charge in [0.15, 0.2) is 0 Å². The average Bonchev–Trinajstić information content (AvgIpc) is 1.87. The monoisotopic (exact) mass is 224 g/mol. The summed E-state index contributed by atoms with van der Waals surface area (Å²) < 4.78 is -2.17. The Kier molecular flexibility index (Phi) is 8.72. The molecule has 0 rings (SSSR count). The van der Waals surface area contributed by atoms with Gasteiger partial charge in [-0.05, 0) is 0 Å². The molecule has 7 heteroatoms. The quantitative estimate of drug-likeness (QED) is 0.565. The van der Waals surface area contributed by atoms with Gasteiger partial charge in [0.25, 0.3) is 3.79 Å². The molecule has 0 amide bonds. The maximum absolute atomic E-state index is 9.62. The molecule has 0 bridgehead atoms. The van der Waals surface area contributed by atoms with Crippen molar-refractivity contribution < 1.29 is 20.1 Å². The number of aliphatic hydroxyl groups excluding tert-OH is 2. The van der Waals surface area contributed by atoms with E-state index in [0.29, 0.717) is 0 Å². The van der Waals surface area contributed by atoms with Crippen LogP contribution in [0.5, 0.6) is 0 Å². The summed E-state index contributed by atoms with van der Waals surface area (Å²) in [5.74, 6) is -1.46. The molecule has 0 unspecified atom stereocenters. The summed E-state index contributed by atoms with van der Waals surface area (Å²) in [7, 11) is 0. The fraction of sp³-hybridized carbons (Fsp3) is 0.750. The fourth-order valence-corrected chi connectivity index (χ4v) is 0. The van der Waals surface area contributed by atoms with E-state index in [-0.39, 0.29) is 13.2 Å². The van der Waals surface area contributed by atoms with Gasteiger partial charge < -0.3 is 15.3 Å². The van der Waals surface area contributed by atoms with E-state index in [0.717, 1.165) is 0 Å². The molecule has 68 valence electrons. The number of carbonyl (C=O) groups is 1. The molecule has 0 fully saturated rings. The van der Waals surface area contributed by atoms with E-state index in [9.17, 15) is 4.79 Å². The Morgan fingerprint density at radius 3 is 1.36 bits per heavy atom. The molecule has 0 aliphatic rings. The van der Waals surface area contributed by atoms with E-state index in [1.807, 2.05) is 0 Å². The predicted octanol–water partition coefficient (Wildman–Crippen LogP) is 0.412. The second-order valence-corrected chi connectivity index (χ2v) is 3.53. The number of aliphatic carboxylic acids is 1. The van der Waals surface area contributed by atoms with Crippen LogP contribution in [0.3, 0.4) is 0 Å². The standard InChI is InChI=1S/C2HCl3O2.C2H6O2/c3-2(4,5)1(6)7;3-1-2-4/h(H,6,7);3-4H,1-2H2. The molecule has 0 aromatic rings. The van der Waals surface area contributed by atoms with Crippen molar-refractivity contribution in [2.45, 2.75) is 3.79 Å². The maximum atomic E-state index is 9.62. The van der Waals surface area contributed by atoms with Gasteiger partial charge in [-0.15, -0.1) is 0 Å². The van der Waals surface area contributed by atoms with Gasteiger partial charge in [0.1, 0.15) is 0 Å². The van der Waals surface area contributed by atoms with E-state index in [4.69, 9.17) is 50.1 Å². The molecular weight excluding hydrogens is 218 g/mol. The van der Waals surface area contributed by atoms with E-state index in [2.05, 4.69) is 0 Å². The number of alkyl halides is 3. The van der Waals surface area contributed by atoms with Crippen LogP contribution >= 0.6 is 34.8 Å². The lowest BCUT2D eigenvalue weighted by atomic mass is 10.8. The largest absolute Gasteiger partial charge is 0.478 e. The summed E-state index contributed by atoms with van der Waals surface area (Å²) in [5, 5.41) is 23.1. The van der Waals surface area contributed by atoms with Crippen molar-refractivity contribution in [3.05, 3.63) is 0 Å². The van der Waals surface area contributed by atoms with Crippen LogP contribution < -0.4 is 0 Å². The highest BCUT2D eigenvalue weighted by Crippen LogP contribution is 2.25. The third-order valence-electron chi connectivity index (χ3n) is 0.343. The molecule has 3 N–H and O–H groups in total. The number of hydrogen-bond acceptors (Lipinski definition) is 3. The van der Waals surface area contributed by atoms with Crippen LogP contribution in [0, 0.1) is 0 Å². The third kappa shape index (κ3) is 13.3. The van der Waals surface area contributed by atoms with Gasteiger partial charge in [0.05, 0.1) is 13.2 Å². The van der Waals surface area contributed by atoms with Crippen molar-refractivity contribution in [3.8, 4) is 0 Å². The molecule has 0 spiro atoms. The van der Waals surface area contributed by atoms with Gasteiger partial charge in [0.2, 0.25) is 0 Å². The van der Waals surface area contributed by atoms with E-state index in [1.165, 1.54) is 0 Å². The zero-order valence-corrected chi connectivity index (χ0v) is 7.57. The number of carboxylic acid groups (broad SMARTS) is 1. The number of halogens is 3. The summed E-state index contributed by atoms with van der Waals surface area (Å²) in [6.45, 7) is -0.250. The minimum absolute atomic E-state index is 0.125. The Hall–Kier alpha value is 0.260. The Bertz CT molecular complexity index is 108. The van der Waals surface area contributed by atoms with E-state index < -0.39 is 9.76 Å². The van der Waals surface area contributed by atoms with Crippen LogP contribution in [-0.4, -0.2) is 38.3 Å². The molecule has 0 heterocycles. The number of carboxylic acids is 1. The van der Waals surface area contributed by atoms with Crippen LogP contribution in [0.25, 0.3) is 0 Å². The van der Waals surface area contributed by atoms with Gasteiger partial charge in [-0.2, -0.15) is 0 Å². The van der Waals surface area contributed by atoms with Crippen molar-refractivity contribution in [1.82, 2.24) is 0 Å². The highest BCUT2D eigenvalue weighted by atomic mass is 35.6. The molecule has 0 aromatic carbocycles. The maximum Gasteiger partial charge on any atom is 0.356 e. The molecular formula is C4H7Cl3O4. The highest BCUT2D eigenvalue weighted by Gasteiger charge is 2.29. The Balaban J connectivity index is 0. The lowest BCUT2D eigenvalue weighted by Crippen LogP contribution is -2.16. The van der Waals surface area contributed by atoms with Crippen molar-refractivity contribution in [2.24, 2.45) is 0 Å². The van der Waals surface area contributed by atoms with E-state index in [1.54, 1.807) is 0 Å². The highest BCUT2D eigenvalue weighted by molar-refractivity contribution is 6.75. The number of aliphatic hydroxyl groups is 2. The minimum Gasteiger partial charge on any atom is -0.478 e. The minimum atomic E-state index is -2.17.